The number of carbonyl (C=O) groups is 2. The normalized spacial score (nSPS) is 10.7. The van der Waals surface area contributed by atoms with E-state index >= 15 is 0 Å². The number of nitrogens with one attached hydrogen (secondary N) is 2. The number of rotatable bonds is 8. The third kappa shape index (κ3) is 5.25. The number of carbonyl (C=O) groups excluding carboxylic acids is 2. The van der Waals surface area contributed by atoms with Crippen molar-refractivity contribution in [1.82, 2.24) is 10.0 Å². The minimum Gasteiger partial charge on any atom is -0.346 e. The molecule has 3 N–H and O–H groups in total. The lowest BCUT2D eigenvalue weighted by atomic mass is 10.1. The maximum absolute atomic E-state index is 12.9. The monoisotopic (exact) mass is 427 g/mol. The number of aromatic nitrogens is 1. The average molecular weight is 428 g/mol. The standard InChI is InChI=1S/C22H22ClN3O4/c23-15-9-11-16(12-10-15)24-22(29)18-14-26(13-5-1-2-8-20(27)25-30)19-7-4-3-6-17(19)21(18)28/h3-4,6-7,9-12,14,30H,1-2,5,8,13H2,(H,24,29)(H,25,27). The molecule has 0 spiro atoms. The molecule has 0 atom stereocenters. The average Bonchev–Trinajstić information content (AvgIpc) is 2.76. The van der Waals surface area contributed by atoms with Gasteiger partial charge in [-0.2, -0.15) is 0 Å². The second-order valence-corrected chi connectivity index (χ2v) is 7.33. The Hall–Kier alpha value is -3.16. The van der Waals surface area contributed by atoms with E-state index in [1.807, 2.05) is 16.7 Å². The van der Waals surface area contributed by atoms with Gasteiger partial charge in [0, 0.05) is 35.3 Å². The zero-order valence-electron chi connectivity index (χ0n) is 16.2. The van der Waals surface area contributed by atoms with Crippen LogP contribution < -0.4 is 16.2 Å². The fourth-order valence-electron chi connectivity index (χ4n) is 3.22. The van der Waals surface area contributed by atoms with Crippen LogP contribution in [0.25, 0.3) is 10.9 Å². The summed E-state index contributed by atoms with van der Waals surface area (Å²) in [7, 11) is 0. The van der Waals surface area contributed by atoms with Crippen LogP contribution in [0.1, 0.15) is 36.0 Å². The Morgan fingerprint density at radius 1 is 1.00 bits per heavy atom. The summed E-state index contributed by atoms with van der Waals surface area (Å²) >= 11 is 5.87. The minimum absolute atomic E-state index is 0.0586. The third-order valence-electron chi connectivity index (χ3n) is 4.76. The SMILES string of the molecule is O=C(CCCCCn1cc(C(=O)Nc2ccc(Cl)cc2)c(=O)c2ccccc21)NO. The quantitative estimate of drug-likeness (QED) is 0.287. The molecular formula is C22H22ClN3O4. The number of hydroxylamine groups is 1. The van der Waals surface area contributed by atoms with Gasteiger partial charge in [0.05, 0.1) is 5.52 Å². The van der Waals surface area contributed by atoms with Gasteiger partial charge in [-0.1, -0.05) is 30.2 Å². The molecule has 0 aliphatic carbocycles. The lowest BCUT2D eigenvalue weighted by Crippen LogP contribution is -2.24. The molecule has 0 aliphatic rings. The van der Waals surface area contributed by atoms with Gasteiger partial charge in [-0.3, -0.25) is 19.6 Å². The van der Waals surface area contributed by atoms with Crippen molar-refractivity contribution in [3.63, 3.8) is 0 Å². The number of fused-ring (bicyclic) bond motifs is 1. The Balaban J connectivity index is 1.81. The van der Waals surface area contributed by atoms with Crippen LogP contribution in [0.3, 0.4) is 0 Å². The first-order valence-electron chi connectivity index (χ1n) is 9.61. The number of aryl methyl sites for hydroxylation is 1. The van der Waals surface area contributed by atoms with Crippen LogP contribution in [0.2, 0.25) is 5.02 Å². The molecule has 2 aromatic carbocycles. The minimum atomic E-state index is -0.485. The van der Waals surface area contributed by atoms with Gasteiger partial charge >= 0.3 is 0 Å². The number of nitrogens with zero attached hydrogens (tertiary/aromatic N) is 1. The lowest BCUT2D eigenvalue weighted by molar-refractivity contribution is -0.129. The van der Waals surface area contributed by atoms with Crippen LogP contribution in [-0.4, -0.2) is 21.6 Å². The molecule has 8 heteroatoms. The van der Waals surface area contributed by atoms with Gasteiger partial charge < -0.3 is 9.88 Å². The van der Waals surface area contributed by atoms with Crippen molar-refractivity contribution in [1.29, 1.82) is 0 Å². The molecule has 0 saturated carbocycles. The Labute approximate surface area is 178 Å². The molecule has 3 aromatic rings. The van der Waals surface area contributed by atoms with Gasteiger partial charge in [0.2, 0.25) is 11.3 Å². The first-order valence-corrected chi connectivity index (χ1v) is 9.99. The number of hydrogen-bond donors (Lipinski definition) is 3. The maximum atomic E-state index is 12.9. The first-order chi connectivity index (χ1) is 14.5. The number of para-hydroxylation sites is 1. The summed E-state index contributed by atoms with van der Waals surface area (Å²) in [6.07, 6.45) is 3.98. The predicted molar refractivity (Wildman–Crippen MR) is 116 cm³/mol. The van der Waals surface area contributed by atoms with E-state index in [9.17, 15) is 14.4 Å². The summed E-state index contributed by atoms with van der Waals surface area (Å²) in [6, 6.07) is 13.8. The van der Waals surface area contributed by atoms with Gasteiger partial charge in [0.15, 0.2) is 0 Å². The van der Waals surface area contributed by atoms with Crippen molar-refractivity contribution in [2.45, 2.75) is 32.2 Å². The van der Waals surface area contributed by atoms with E-state index in [4.69, 9.17) is 16.8 Å². The first kappa shape index (κ1) is 21.5. The number of benzene rings is 2. The molecule has 0 unspecified atom stereocenters. The van der Waals surface area contributed by atoms with Crippen LogP contribution >= 0.6 is 11.6 Å². The number of halogens is 1. The summed E-state index contributed by atoms with van der Waals surface area (Å²) in [5.74, 6) is -0.897. The van der Waals surface area contributed by atoms with Gasteiger partial charge in [-0.15, -0.1) is 0 Å². The second-order valence-electron chi connectivity index (χ2n) is 6.89. The molecule has 0 aliphatic heterocycles. The van der Waals surface area contributed by atoms with E-state index in [1.165, 1.54) is 0 Å². The third-order valence-corrected chi connectivity index (χ3v) is 5.01. The maximum Gasteiger partial charge on any atom is 0.261 e. The van der Waals surface area contributed by atoms with Crippen molar-refractivity contribution < 1.29 is 14.8 Å². The predicted octanol–water partition coefficient (Wildman–Crippen LogP) is 3.97. The molecule has 7 nitrogen and oxygen atoms in total. The van der Waals surface area contributed by atoms with Crippen LogP contribution in [0.4, 0.5) is 5.69 Å². The Kier molecular flexibility index (Phi) is 7.21. The van der Waals surface area contributed by atoms with Crippen molar-refractivity contribution >= 4 is 40.0 Å². The van der Waals surface area contributed by atoms with E-state index in [0.29, 0.717) is 29.1 Å². The number of unbranched alkanes of at least 4 members (excludes halogenated alkanes) is 2. The summed E-state index contributed by atoms with van der Waals surface area (Å²) in [5.41, 5.74) is 2.64. The molecule has 0 radical (unpaired) electrons. The molecule has 1 heterocycles. The molecule has 2 amide bonds. The van der Waals surface area contributed by atoms with Gasteiger partial charge in [0.25, 0.3) is 5.91 Å². The highest BCUT2D eigenvalue weighted by Gasteiger charge is 2.15. The van der Waals surface area contributed by atoms with E-state index in [2.05, 4.69) is 5.32 Å². The molecule has 0 bridgehead atoms. The van der Waals surface area contributed by atoms with Gasteiger partial charge in [-0.25, -0.2) is 5.48 Å². The highest BCUT2D eigenvalue weighted by molar-refractivity contribution is 6.30. The summed E-state index contributed by atoms with van der Waals surface area (Å²) in [4.78, 5) is 36.8. The van der Waals surface area contributed by atoms with E-state index in [1.54, 1.807) is 48.1 Å². The zero-order chi connectivity index (χ0) is 21.5. The Bertz CT molecular complexity index is 1110. The van der Waals surface area contributed by atoms with Crippen LogP contribution in [0.5, 0.6) is 0 Å². The molecule has 30 heavy (non-hydrogen) atoms. The number of anilines is 1. The summed E-state index contributed by atoms with van der Waals surface area (Å²) in [6.45, 7) is 0.586. The Morgan fingerprint density at radius 3 is 2.47 bits per heavy atom. The van der Waals surface area contributed by atoms with Crippen molar-refractivity contribution in [2.75, 3.05) is 5.32 Å². The second kappa shape index (κ2) is 10.0. The smallest absolute Gasteiger partial charge is 0.261 e. The van der Waals surface area contributed by atoms with Crippen molar-refractivity contribution in [3.8, 4) is 0 Å². The highest BCUT2D eigenvalue weighted by Crippen LogP contribution is 2.16. The molecule has 0 fully saturated rings. The number of hydrogen-bond acceptors (Lipinski definition) is 4. The zero-order valence-corrected chi connectivity index (χ0v) is 17.0. The number of pyridine rings is 1. The topological polar surface area (TPSA) is 100 Å². The van der Waals surface area contributed by atoms with Crippen molar-refractivity contribution in [3.05, 3.63) is 75.5 Å². The molecular weight excluding hydrogens is 406 g/mol. The van der Waals surface area contributed by atoms with E-state index < -0.39 is 11.8 Å². The fraction of sp³-hybridized carbons (Fsp3) is 0.227. The molecule has 0 saturated heterocycles. The molecule has 156 valence electrons. The lowest BCUT2D eigenvalue weighted by Gasteiger charge is -2.13. The highest BCUT2D eigenvalue weighted by atomic mass is 35.5. The fourth-order valence-corrected chi connectivity index (χ4v) is 3.35. The van der Waals surface area contributed by atoms with E-state index in [0.717, 1.165) is 18.4 Å². The van der Waals surface area contributed by atoms with Gasteiger partial charge in [0.1, 0.15) is 5.56 Å². The van der Waals surface area contributed by atoms with Crippen LogP contribution in [0, 0.1) is 0 Å². The summed E-state index contributed by atoms with van der Waals surface area (Å²) in [5, 5.41) is 12.3. The van der Waals surface area contributed by atoms with Crippen molar-refractivity contribution in [2.24, 2.45) is 0 Å². The Morgan fingerprint density at radius 2 is 1.73 bits per heavy atom. The van der Waals surface area contributed by atoms with Crippen LogP contribution in [0.15, 0.2) is 59.5 Å². The van der Waals surface area contributed by atoms with E-state index in [-0.39, 0.29) is 17.4 Å². The largest absolute Gasteiger partial charge is 0.346 e. The number of amides is 2. The summed E-state index contributed by atoms with van der Waals surface area (Å²) < 4.78 is 1.89. The van der Waals surface area contributed by atoms with Crippen LogP contribution in [-0.2, 0) is 11.3 Å². The molecule has 3 rings (SSSR count). The van der Waals surface area contributed by atoms with Gasteiger partial charge in [-0.05, 0) is 49.2 Å². The molecule has 1 aromatic heterocycles.